The molecule has 0 bridgehead atoms. The van der Waals surface area contributed by atoms with E-state index in [-0.39, 0.29) is 53.1 Å². The van der Waals surface area contributed by atoms with Gasteiger partial charge in [0.05, 0.1) is 4.90 Å². The Morgan fingerprint density at radius 2 is 1.39 bits per heavy atom. The monoisotopic (exact) mass is 510 g/mol. The molecule has 0 aliphatic heterocycles. The molecular weight excluding hydrogens is 491 g/mol. The van der Waals surface area contributed by atoms with Gasteiger partial charge in [0.1, 0.15) is 0 Å². The minimum absolute atomic E-state index is 0. The van der Waals surface area contributed by atoms with E-state index in [4.69, 9.17) is 0 Å². The van der Waals surface area contributed by atoms with Gasteiger partial charge in [-0.15, -0.1) is 0 Å². The maximum atomic E-state index is 13.3. The second-order valence-electron chi connectivity index (χ2n) is 6.84. The number of nitrogens with one attached hydrogen (secondary N) is 1. The molecule has 3 rings (SSSR count). The fraction of sp³-hybridized carbons (Fsp3) is 0.136. The van der Waals surface area contributed by atoms with Crippen LogP contribution >= 0.6 is 15.9 Å². The summed E-state index contributed by atoms with van der Waals surface area (Å²) < 4.78 is 28.9. The number of nitrogens with zero attached hydrogens (tertiary/aromatic N) is 1. The predicted molar refractivity (Wildman–Crippen MR) is 119 cm³/mol. The van der Waals surface area contributed by atoms with Gasteiger partial charge in [-0.2, -0.15) is 4.31 Å². The zero-order valence-corrected chi connectivity index (χ0v) is 21.6. The van der Waals surface area contributed by atoms with Gasteiger partial charge in [-0.25, -0.2) is 8.42 Å². The Bertz CT molecular complexity index is 1120. The maximum absolute atomic E-state index is 13.3. The summed E-state index contributed by atoms with van der Waals surface area (Å²) >= 11 is 3.32. The first-order valence-electron chi connectivity index (χ1n) is 9.12. The minimum atomic E-state index is -3.77. The summed E-state index contributed by atoms with van der Waals surface area (Å²) in [5.74, 6) is -0.736. The van der Waals surface area contributed by atoms with Crippen LogP contribution in [0.3, 0.4) is 0 Å². The average Bonchev–Trinajstić information content (AvgIpc) is 2.75. The first kappa shape index (κ1) is 25.7. The van der Waals surface area contributed by atoms with Crippen molar-refractivity contribution in [1.29, 1.82) is 0 Å². The van der Waals surface area contributed by atoms with Gasteiger partial charge in [0, 0.05) is 23.1 Å². The van der Waals surface area contributed by atoms with Gasteiger partial charge >= 0.3 is 29.6 Å². The van der Waals surface area contributed by atoms with Crippen LogP contribution in [0.15, 0.2) is 82.2 Å². The van der Waals surface area contributed by atoms with Crippen molar-refractivity contribution in [3.63, 3.8) is 0 Å². The van der Waals surface area contributed by atoms with Crippen LogP contribution in [0.25, 0.3) is 0 Å². The molecule has 156 valence electrons. The largest absolute Gasteiger partial charge is 1.00 e. The summed E-state index contributed by atoms with van der Waals surface area (Å²) in [6, 6.07) is 20.5. The molecule has 0 radical (unpaired) electrons. The molecule has 0 aliphatic rings. The quantitative estimate of drug-likeness (QED) is 0.384. The first-order chi connectivity index (χ1) is 14.3. The Hall–Kier alpha value is -1.52. The van der Waals surface area contributed by atoms with Crippen molar-refractivity contribution in [2.45, 2.75) is 24.9 Å². The summed E-state index contributed by atoms with van der Waals surface area (Å²) in [7, 11) is -3.77. The van der Waals surface area contributed by atoms with Crippen molar-refractivity contribution in [1.82, 2.24) is 9.79 Å². The SMILES string of the molecule is Cc1ccc(CN(Cc2ccc(C(=O)N[O-])cc2)S(=O)(=O)c2ccc(Br)cc2)cc1.[Na+]. The molecule has 1 N–H and O–H groups in total. The number of hydrogen-bond donors (Lipinski definition) is 1. The number of aryl methyl sites for hydroxylation is 1. The van der Waals surface area contributed by atoms with E-state index in [2.05, 4.69) is 15.9 Å². The average molecular weight is 511 g/mol. The number of rotatable bonds is 7. The number of amides is 1. The van der Waals surface area contributed by atoms with E-state index in [9.17, 15) is 18.4 Å². The molecule has 9 heteroatoms. The molecule has 0 aromatic heterocycles. The van der Waals surface area contributed by atoms with Crippen molar-refractivity contribution in [3.8, 4) is 0 Å². The Morgan fingerprint density at radius 3 is 1.87 bits per heavy atom. The van der Waals surface area contributed by atoms with E-state index in [1.54, 1.807) is 36.4 Å². The number of hydrogen-bond acceptors (Lipinski definition) is 4. The van der Waals surface area contributed by atoms with Gasteiger partial charge in [0.2, 0.25) is 15.9 Å². The molecule has 0 saturated heterocycles. The Labute approximate surface area is 212 Å². The predicted octanol–water partition coefficient (Wildman–Crippen LogP) is 1.38. The molecular formula is C22H20BrN2NaO4S. The summed E-state index contributed by atoms with van der Waals surface area (Å²) in [5.41, 5.74) is 4.20. The summed E-state index contributed by atoms with van der Waals surface area (Å²) in [6.07, 6.45) is 0. The van der Waals surface area contributed by atoms with Crippen LogP contribution in [0.5, 0.6) is 0 Å². The summed E-state index contributed by atoms with van der Waals surface area (Å²) in [4.78, 5) is 11.6. The number of hydroxylamine groups is 1. The Morgan fingerprint density at radius 1 is 0.903 bits per heavy atom. The Balaban J connectivity index is 0.00000341. The van der Waals surface area contributed by atoms with Gasteiger partial charge in [-0.05, 0) is 54.4 Å². The van der Waals surface area contributed by atoms with Crippen LogP contribution in [-0.2, 0) is 23.1 Å². The van der Waals surface area contributed by atoms with Crippen molar-refractivity contribution in [2.75, 3.05) is 0 Å². The third-order valence-corrected chi connectivity index (χ3v) is 6.93. The van der Waals surface area contributed by atoms with Crippen molar-refractivity contribution in [2.24, 2.45) is 0 Å². The zero-order valence-electron chi connectivity index (χ0n) is 17.2. The van der Waals surface area contributed by atoms with Crippen LogP contribution in [0.2, 0.25) is 0 Å². The van der Waals surface area contributed by atoms with Crippen LogP contribution in [0, 0.1) is 12.1 Å². The fourth-order valence-electron chi connectivity index (χ4n) is 2.90. The van der Waals surface area contributed by atoms with Crippen LogP contribution < -0.4 is 35.0 Å². The number of halogens is 1. The molecule has 31 heavy (non-hydrogen) atoms. The van der Waals surface area contributed by atoms with Gasteiger partial charge in [-0.1, -0.05) is 57.9 Å². The van der Waals surface area contributed by atoms with Crippen molar-refractivity contribution in [3.05, 3.63) is 105 Å². The Kier molecular flexibility index (Phi) is 9.45. The summed E-state index contributed by atoms with van der Waals surface area (Å²) in [6.45, 7) is 2.28. The molecule has 0 heterocycles. The molecule has 0 saturated carbocycles. The third-order valence-electron chi connectivity index (χ3n) is 4.60. The smallest absolute Gasteiger partial charge is 0.759 e. The van der Waals surface area contributed by atoms with Crippen LogP contribution in [-0.4, -0.2) is 18.6 Å². The minimum Gasteiger partial charge on any atom is -0.759 e. The van der Waals surface area contributed by atoms with Gasteiger partial charge < -0.3 is 10.7 Å². The van der Waals surface area contributed by atoms with E-state index < -0.39 is 15.9 Å². The summed E-state index contributed by atoms with van der Waals surface area (Å²) in [5, 5.41) is 10.5. The normalized spacial score (nSPS) is 11.1. The van der Waals surface area contributed by atoms with Gasteiger partial charge in [0.25, 0.3) is 0 Å². The van der Waals surface area contributed by atoms with E-state index in [0.29, 0.717) is 5.56 Å². The molecule has 6 nitrogen and oxygen atoms in total. The maximum Gasteiger partial charge on any atom is 1.00 e. The standard InChI is InChI=1S/C22H20BrN2O4S.Na/c1-16-2-4-17(5-3-16)14-25(30(28,29)21-12-10-20(23)11-13-21)15-18-6-8-19(9-7-18)22(26)24-27;/h2-13H,14-15H2,1H3,(H-,24,26,27);/q-1;+1. The van der Waals surface area contributed by atoms with Gasteiger partial charge in [0.15, 0.2) is 0 Å². The van der Waals surface area contributed by atoms with Crippen molar-refractivity contribution < 1.29 is 42.8 Å². The number of benzene rings is 3. The second-order valence-corrected chi connectivity index (χ2v) is 9.69. The van der Waals surface area contributed by atoms with E-state index in [1.165, 1.54) is 21.9 Å². The topological polar surface area (TPSA) is 89.5 Å². The van der Waals surface area contributed by atoms with Gasteiger partial charge in [-0.3, -0.25) is 4.79 Å². The number of carbonyl (C=O) groups excluding carboxylic acids is 1. The van der Waals surface area contributed by atoms with Crippen LogP contribution in [0.1, 0.15) is 27.0 Å². The number of carbonyl (C=O) groups is 1. The zero-order chi connectivity index (χ0) is 21.7. The van der Waals surface area contributed by atoms with Crippen LogP contribution in [0.4, 0.5) is 0 Å². The number of sulfonamides is 1. The molecule has 3 aromatic carbocycles. The van der Waals surface area contributed by atoms with E-state index >= 15 is 0 Å². The first-order valence-corrected chi connectivity index (χ1v) is 11.4. The molecule has 0 fully saturated rings. The molecule has 3 aromatic rings. The molecule has 0 spiro atoms. The van der Waals surface area contributed by atoms with E-state index in [0.717, 1.165) is 15.6 Å². The van der Waals surface area contributed by atoms with Crippen molar-refractivity contribution >= 4 is 31.9 Å². The third kappa shape index (κ3) is 6.73. The molecule has 1 amide bonds. The molecule has 0 aliphatic carbocycles. The molecule has 0 atom stereocenters. The fourth-order valence-corrected chi connectivity index (χ4v) is 4.58. The van der Waals surface area contributed by atoms with E-state index in [1.807, 2.05) is 31.2 Å². The second kappa shape index (κ2) is 11.4. The molecule has 0 unspecified atom stereocenters.